The molecule has 1 aromatic heterocycles. The number of pyridine rings is 1. The summed E-state index contributed by atoms with van der Waals surface area (Å²) in [6, 6.07) is 3.95. The Labute approximate surface area is 123 Å². The summed E-state index contributed by atoms with van der Waals surface area (Å²) in [5.41, 5.74) is 0.924. The van der Waals surface area contributed by atoms with E-state index < -0.39 is 6.04 Å². The van der Waals surface area contributed by atoms with Crippen LogP contribution in [-0.2, 0) is 4.79 Å². The number of aldehydes is 1. The van der Waals surface area contributed by atoms with Crippen molar-refractivity contribution < 1.29 is 4.79 Å². The quantitative estimate of drug-likeness (QED) is 0.785. The molecule has 1 aliphatic carbocycles. The topological polar surface area (TPSA) is 45.6 Å². The average Bonchev–Trinajstić information content (AvgIpc) is 2.54. The Morgan fingerprint density at radius 3 is 2.90 bits per heavy atom. The third-order valence-corrected chi connectivity index (χ3v) is 5.22. The van der Waals surface area contributed by atoms with Gasteiger partial charge in [0.25, 0.3) is 0 Å². The molecule has 0 aromatic carbocycles. The van der Waals surface area contributed by atoms with Crippen molar-refractivity contribution in [2.45, 2.75) is 49.2 Å². The van der Waals surface area contributed by atoms with Gasteiger partial charge in [0.1, 0.15) is 17.4 Å². The van der Waals surface area contributed by atoms with Crippen molar-refractivity contribution in [3.8, 4) is 0 Å². The van der Waals surface area contributed by atoms with Gasteiger partial charge in [-0.1, -0.05) is 25.3 Å². The molecule has 1 aromatic rings. The zero-order valence-corrected chi connectivity index (χ0v) is 12.5. The monoisotopic (exact) mass is 289 g/mol. The number of thioether (sulfide) groups is 1. The van der Waals surface area contributed by atoms with Gasteiger partial charge in [0.15, 0.2) is 5.17 Å². The molecule has 1 aliphatic heterocycles. The van der Waals surface area contributed by atoms with Crippen LogP contribution in [0, 0.1) is 0 Å². The molecule has 0 spiro atoms. The highest BCUT2D eigenvalue weighted by molar-refractivity contribution is 8.13. The summed E-state index contributed by atoms with van der Waals surface area (Å²) in [5.74, 6) is 0. The van der Waals surface area contributed by atoms with Crippen molar-refractivity contribution >= 4 is 23.2 Å². The fourth-order valence-corrected chi connectivity index (χ4v) is 3.96. The lowest BCUT2D eigenvalue weighted by molar-refractivity contribution is -0.109. The summed E-state index contributed by atoms with van der Waals surface area (Å²) in [6.45, 7) is 0. The highest BCUT2D eigenvalue weighted by Gasteiger charge is 2.28. The van der Waals surface area contributed by atoms with E-state index in [0.29, 0.717) is 6.04 Å². The van der Waals surface area contributed by atoms with E-state index in [9.17, 15) is 4.79 Å². The van der Waals surface area contributed by atoms with E-state index in [1.807, 2.05) is 12.1 Å². The number of amidine groups is 1. The number of aromatic nitrogens is 1. The molecule has 20 heavy (non-hydrogen) atoms. The van der Waals surface area contributed by atoms with Crippen LogP contribution >= 0.6 is 11.8 Å². The highest BCUT2D eigenvalue weighted by Crippen LogP contribution is 2.35. The smallest absolute Gasteiger partial charge is 0.166 e. The second-order valence-electron chi connectivity index (χ2n) is 5.40. The molecule has 3 rings (SSSR count). The van der Waals surface area contributed by atoms with E-state index in [-0.39, 0.29) is 0 Å². The van der Waals surface area contributed by atoms with Gasteiger partial charge in [-0.2, -0.15) is 0 Å². The molecule has 5 heteroatoms. The van der Waals surface area contributed by atoms with Gasteiger partial charge in [-0.15, -0.1) is 0 Å². The Morgan fingerprint density at radius 1 is 1.35 bits per heavy atom. The number of carbonyl (C=O) groups is 1. The summed E-state index contributed by atoms with van der Waals surface area (Å²) in [6.07, 6.45) is 9.04. The van der Waals surface area contributed by atoms with Gasteiger partial charge < -0.3 is 9.69 Å². The van der Waals surface area contributed by atoms with Crippen molar-refractivity contribution in [3.63, 3.8) is 0 Å². The Hall–Kier alpha value is -1.36. The van der Waals surface area contributed by atoms with E-state index in [4.69, 9.17) is 0 Å². The van der Waals surface area contributed by atoms with E-state index in [0.717, 1.165) is 22.0 Å². The van der Waals surface area contributed by atoms with Gasteiger partial charge in [0.2, 0.25) is 0 Å². The van der Waals surface area contributed by atoms with Gasteiger partial charge in [-0.05, 0) is 30.7 Å². The summed E-state index contributed by atoms with van der Waals surface area (Å²) in [4.78, 5) is 22.6. The lowest BCUT2D eigenvalue weighted by Gasteiger charge is -2.34. The summed E-state index contributed by atoms with van der Waals surface area (Å²) in [5, 5.41) is 1.84. The maximum absolute atomic E-state index is 11.3. The van der Waals surface area contributed by atoms with Crippen LogP contribution < -0.4 is 0 Å². The van der Waals surface area contributed by atoms with Gasteiger partial charge in [-0.3, -0.25) is 0 Å². The molecule has 2 aliphatic rings. The van der Waals surface area contributed by atoms with Crippen LogP contribution in [0.25, 0.3) is 0 Å². The molecule has 0 amide bonds. The molecule has 1 saturated carbocycles. The molecule has 4 nitrogen and oxygen atoms in total. The molecule has 0 radical (unpaired) electrons. The van der Waals surface area contributed by atoms with Crippen molar-refractivity contribution in [1.29, 1.82) is 0 Å². The van der Waals surface area contributed by atoms with E-state index in [1.54, 1.807) is 18.0 Å². The zero-order chi connectivity index (χ0) is 13.9. The van der Waals surface area contributed by atoms with Gasteiger partial charge >= 0.3 is 0 Å². The molecule has 0 N–H and O–H groups in total. The van der Waals surface area contributed by atoms with Gasteiger partial charge in [-0.25, -0.2) is 9.98 Å². The van der Waals surface area contributed by atoms with Crippen molar-refractivity contribution in [2.75, 3.05) is 7.05 Å². The number of carbonyl (C=O) groups excluding carboxylic acids is 1. The average molecular weight is 289 g/mol. The van der Waals surface area contributed by atoms with Crippen LogP contribution in [0.15, 0.2) is 28.3 Å². The second-order valence-corrected chi connectivity index (χ2v) is 6.35. The first-order chi connectivity index (χ1) is 9.79. The minimum absolute atomic E-state index is 0.402. The first-order valence-electron chi connectivity index (χ1n) is 7.18. The fraction of sp³-hybridized carbons (Fsp3) is 0.533. The normalized spacial score (nSPS) is 22.9. The Morgan fingerprint density at radius 2 is 2.15 bits per heavy atom. The fourth-order valence-electron chi connectivity index (χ4n) is 2.91. The number of aliphatic imine (C=N–C) groups is 1. The zero-order valence-electron chi connectivity index (χ0n) is 11.7. The Kier molecular flexibility index (Phi) is 4.05. The molecule has 1 unspecified atom stereocenters. The number of hydrogen-bond donors (Lipinski definition) is 0. The summed E-state index contributed by atoms with van der Waals surface area (Å²) >= 11 is 1.58. The first kappa shape index (κ1) is 13.6. The molecular formula is C15H19N3OS. The van der Waals surface area contributed by atoms with Crippen LogP contribution in [0.5, 0.6) is 0 Å². The predicted octanol–water partition coefficient (Wildman–Crippen LogP) is 3.05. The predicted molar refractivity (Wildman–Crippen MR) is 81.0 cm³/mol. The Bertz CT molecular complexity index is 526. The number of fused-ring (bicyclic) bond motifs is 1. The maximum atomic E-state index is 11.3. The van der Waals surface area contributed by atoms with Crippen LogP contribution in [0.1, 0.15) is 43.7 Å². The standard InChI is InChI=1S/C15H19N3OS/c1-18(11-6-3-2-4-7-11)15-17-13(10-19)12-8-5-9-16-14(12)20-15/h5,8-11,13H,2-4,6-7H2,1H3. The molecular weight excluding hydrogens is 270 g/mol. The number of hydrogen-bond acceptors (Lipinski definition) is 5. The van der Waals surface area contributed by atoms with Crippen molar-refractivity contribution in [3.05, 3.63) is 23.9 Å². The highest BCUT2D eigenvalue weighted by atomic mass is 32.2. The minimum atomic E-state index is -0.402. The summed E-state index contributed by atoms with van der Waals surface area (Å²) < 4.78 is 0. The Balaban J connectivity index is 1.84. The molecule has 0 bridgehead atoms. The van der Waals surface area contributed by atoms with Crippen LogP contribution in [0.4, 0.5) is 0 Å². The van der Waals surface area contributed by atoms with Crippen molar-refractivity contribution in [2.24, 2.45) is 4.99 Å². The minimum Gasteiger partial charge on any atom is -0.351 e. The van der Waals surface area contributed by atoms with E-state index >= 15 is 0 Å². The molecule has 0 saturated heterocycles. The molecule has 106 valence electrons. The SMILES string of the molecule is CN(C1=NC(C=O)c2cccnc2S1)C1CCCCC1. The molecule has 2 heterocycles. The number of rotatable bonds is 2. The number of nitrogens with zero attached hydrogens (tertiary/aromatic N) is 3. The maximum Gasteiger partial charge on any atom is 0.166 e. The van der Waals surface area contributed by atoms with E-state index in [1.165, 1.54) is 32.1 Å². The third-order valence-electron chi connectivity index (χ3n) is 4.11. The van der Waals surface area contributed by atoms with Crippen LogP contribution in [0.3, 0.4) is 0 Å². The molecule has 1 atom stereocenters. The lowest BCUT2D eigenvalue weighted by atomic mass is 9.95. The van der Waals surface area contributed by atoms with Gasteiger partial charge in [0, 0.05) is 24.8 Å². The lowest BCUT2D eigenvalue weighted by Crippen LogP contribution is -2.38. The van der Waals surface area contributed by atoms with Crippen LogP contribution in [-0.4, -0.2) is 34.4 Å². The summed E-state index contributed by atoms with van der Waals surface area (Å²) in [7, 11) is 2.09. The van der Waals surface area contributed by atoms with E-state index in [2.05, 4.69) is 21.9 Å². The molecule has 1 fully saturated rings. The van der Waals surface area contributed by atoms with Crippen molar-refractivity contribution in [1.82, 2.24) is 9.88 Å². The van der Waals surface area contributed by atoms with Gasteiger partial charge in [0.05, 0.1) is 0 Å². The first-order valence-corrected chi connectivity index (χ1v) is 8.00. The second kappa shape index (κ2) is 5.95. The van der Waals surface area contributed by atoms with Crippen LogP contribution in [0.2, 0.25) is 0 Å². The third kappa shape index (κ3) is 2.59. The largest absolute Gasteiger partial charge is 0.351 e.